The molecule has 12 nitrogen and oxygen atoms in total. The molecule has 0 unspecified atom stereocenters. The number of fused-ring (bicyclic) bond motifs is 3. The Bertz CT molecular complexity index is 1760. The number of benzene rings is 2. The molecule has 0 radical (unpaired) electrons. The zero-order chi connectivity index (χ0) is 27.0. The van der Waals surface area contributed by atoms with Gasteiger partial charge >= 0.3 is 10.9 Å². The van der Waals surface area contributed by atoms with Gasteiger partial charge in [-0.3, -0.25) is 14.3 Å². The zero-order valence-corrected chi connectivity index (χ0v) is 21.5. The zero-order valence-electron chi connectivity index (χ0n) is 20.7. The number of pyridine rings is 1. The van der Waals surface area contributed by atoms with Crippen molar-refractivity contribution in [3.8, 4) is 5.88 Å². The molecule has 5 aromatic rings. The molecular weight excluding hydrogens is 524 g/mol. The monoisotopic (exact) mass is 548 g/mol. The molecule has 1 N–H and O–H groups in total. The number of para-hydroxylation sites is 1. The standard InChI is InChI=1S/C26H24N6O6S/c33-25(22-16-20-19-8-4-5-9-21(19)28-23(20)17-27-22)31-12-10-30(11-13-31)14-15-37-24-26(32(34)38-29-24)39(35,36)18-6-2-1-3-7-18/h1-9,16-17,28H,10-15H2. The highest BCUT2D eigenvalue weighted by molar-refractivity contribution is 7.91. The first-order chi connectivity index (χ1) is 18.9. The van der Waals surface area contributed by atoms with Gasteiger partial charge in [0.15, 0.2) is 0 Å². The predicted molar refractivity (Wildman–Crippen MR) is 139 cm³/mol. The summed E-state index contributed by atoms with van der Waals surface area (Å²) in [5.74, 6) is -0.516. The summed E-state index contributed by atoms with van der Waals surface area (Å²) in [7, 11) is -4.17. The average molecular weight is 549 g/mol. The summed E-state index contributed by atoms with van der Waals surface area (Å²) in [6.45, 7) is 2.73. The number of hydrogen-bond acceptors (Lipinski definition) is 9. The van der Waals surface area contributed by atoms with E-state index in [1.54, 1.807) is 29.3 Å². The van der Waals surface area contributed by atoms with Gasteiger partial charge in [-0.25, -0.2) is 13.4 Å². The van der Waals surface area contributed by atoms with Crippen molar-refractivity contribution in [2.75, 3.05) is 39.3 Å². The smallest absolute Gasteiger partial charge is 0.415 e. The maximum Gasteiger partial charge on any atom is 0.415 e. The van der Waals surface area contributed by atoms with Crippen LogP contribution in [-0.4, -0.2) is 78.6 Å². The summed E-state index contributed by atoms with van der Waals surface area (Å²) in [4.78, 5) is 24.5. The normalized spacial score (nSPS) is 14.7. The number of carbonyl (C=O) groups excluding carboxylic acids is 1. The summed E-state index contributed by atoms with van der Waals surface area (Å²) < 4.78 is 35.8. The van der Waals surface area contributed by atoms with Crippen molar-refractivity contribution >= 4 is 37.6 Å². The molecule has 0 saturated carbocycles. The molecule has 0 spiro atoms. The maximum atomic E-state index is 13.2. The number of ether oxygens (including phenoxy) is 1. The Hall–Kier alpha value is -4.49. The number of piperazine rings is 1. The summed E-state index contributed by atoms with van der Waals surface area (Å²) in [6, 6.07) is 17.3. The highest BCUT2D eigenvalue weighted by atomic mass is 32.2. The first kappa shape index (κ1) is 24.8. The van der Waals surface area contributed by atoms with Crippen molar-refractivity contribution in [2.24, 2.45) is 0 Å². The molecule has 200 valence electrons. The van der Waals surface area contributed by atoms with Crippen molar-refractivity contribution in [3.63, 3.8) is 0 Å². The highest BCUT2D eigenvalue weighted by Gasteiger charge is 2.36. The van der Waals surface area contributed by atoms with Gasteiger partial charge in [-0.1, -0.05) is 36.4 Å². The number of nitrogens with zero attached hydrogens (tertiary/aromatic N) is 5. The van der Waals surface area contributed by atoms with Crippen LogP contribution in [0.15, 0.2) is 81.4 Å². The van der Waals surface area contributed by atoms with E-state index in [4.69, 9.17) is 4.74 Å². The van der Waals surface area contributed by atoms with E-state index < -0.39 is 14.9 Å². The summed E-state index contributed by atoms with van der Waals surface area (Å²) in [5, 5.41) is 16.8. The molecule has 1 saturated heterocycles. The van der Waals surface area contributed by atoms with Crippen molar-refractivity contribution in [1.82, 2.24) is 24.9 Å². The van der Waals surface area contributed by atoms with Gasteiger partial charge in [0.1, 0.15) is 12.3 Å². The van der Waals surface area contributed by atoms with E-state index in [2.05, 4.69) is 24.7 Å². The van der Waals surface area contributed by atoms with Gasteiger partial charge in [0.2, 0.25) is 0 Å². The van der Waals surface area contributed by atoms with Gasteiger partial charge in [0, 0.05) is 49.0 Å². The SMILES string of the molecule is O=C(c1cc2c(cn1)[nH]c1ccccc12)N1CCN(CCOc2no[n+]([O-])c2S(=O)(=O)c2ccccc2)CC1. The quantitative estimate of drug-likeness (QED) is 0.301. The number of sulfone groups is 1. The number of nitrogens with one attached hydrogen (secondary N) is 1. The molecule has 6 rings (SSSR count). The summed E-state index contributed by atoms with van der Waals surface area (Å²) in [6.07, 6.45) is 1.69. The van der Waals surface area contributed by atoms with Crippen LogP contribution >= 0.6 is 0 Å². The Kier molecular flexibility index (Phi) is 6.37. The minimum atomic E-state index is -4.17. The molecule has 1 aliphatic heterocycles. The number of carbonyl (C=O) groups is 1. The lowest BCUT2D eigenvalue weighted by Crippen LogP contribution is -2.49. The molecular formula is C26H24N6O6S. The third-order valence-electron chi connectivity index (χ3n) is 6.77. The van der Waals surface area contributed by atoms with Gasteiger partial charge in [0.05, 0.1) is 21.8 Å². The largest absolute Gasteiger partial charge is 0.453 e. The van der Waals surface area contributed by atoms with Gasteiger partial charge in [-0.05, 0) is 29.2 Å². The molecule has 39 heavy (non-hydrogen) atoms. The van der Waals surface area contributed by atoms with Crippen LogP contribution in [0, 0.1) is 5.21 Å². The molecule has 1 aliphatic rings. The second-order valence-electron chi connectivity index (χ2n) is 9.12. The molecule has 2 aromatic carbocycles. The predicted octanol–water partition coefficient (Wildman–Crippen LogP) is 2.01. The van der Waals surface area contributed by atoms with Gasteiger partial charge in [0.25, 0.3) is 15.7 Å². The first-order valence-corrected chi connectivity index (χ1v) is 13.8. The van der Waals surface area contributed by atoms with E-state index in [-0.39, 0.29) is 28.2 Å². The molecule has 0 atom stereocenters. The molecule has 1 amide bonds. The van der Waals surface area contributed by atoms with Crippen LogP contribution in [0.4, 0.5) is 0 Å². The van der Waals surface area contributed by atoms with E-state index in [1.165, 1.54) is 12.1 Å². The lowest BCUT2D eigenvalue weighted by Gasteiger charge is -2.34. The van der Waals surface area contributed by atoms with E-state index >= 15 is 0 Å². The van der Waals surface area contributed by atoms with E-state index in [0.29, 0.717) is 38.4 Å². The van der Waals surface area contributed by atoms with Crippen LogP contribution in [-0.2, 0) is 9.84 Å². The highest BCUT2D eigenvalue weighted by Crippen LogP contribution is 2.26. The Morgan fingerprint density at radius 3 is 2.56 bits per heavy atom. The summed E-state index contributed by atoms with van der Waals surface area (Å²) >= 11 is 0. The van der Waals surface area contributed by atoms with Gasteiger partial charge < -0.3 is 19.8 Å². The minimum absolute atomic E-state index is 0.0678. The van der Waals surface area contributed by atoms with Crippen LogP contribution in [0.5, 0.6) is 5.88 Å². The van der Waals surface area contributed by atoms with E-state index in [9.17, 15) is 18.4 Å². The van der Waals surface area contributed by atoms with Crippen LogP contribution in [0.25, 0.3) is 21.8 Å². The van der Waals surface area contributed by atoms with Crippen molar-refractivity contribution in [1.29, 1.82) is 0 Å². The molecule has 3 aromatic heterocycles. The molecule has 1 fully saturated rings. The molecule has 0 bridgehead atoms. The second-order valence-corrected chi connectivity index (χ2v) is 11.0. The van der Waals surface area contributed by atoms with Gasteiger partial charge in [-0.2, -0.15) is 0 Å². The number of aromatic amines is 1. The third kappa shape index (κ3) is 4.66. The van der Waals surface area contributed by atoms with Crippen molar-refractivity contribution < 1.29 is 27.5 Å². The van der Waals surface area contributed by atoms with E-state index in [0.717, 1.165) is 21.8 Å². The summed E-state index contributed by atoms with van der Waals surface area (Å²) in [5.41, 5.74) is 2.27. The number of aromatic nitrogens is 4. The fraction of sp³-hybridized carbons (Fsp3) is 0.231. The van der Waals surface area contributed by atoms with Crippen LogP contribution in [0.1, 0.15) is 10.5 Å². The third-order valence-corrected chi connectivity index (χ3v) is 8.50. The van der Waals surface area contributed by atoms with Crippen LogP contribution < -0.4 is 9.64 Å². The minimum Gasteiger partial charge on any atom is -0.453 e. The maximum absolute atomic E-state index is 13.2. The lowest BCUT2D eigenvalue weighted by atomic mass is 10.1. The van der Waals surface area contributed by atoms with Crippen LogP contribution in [0.2, 0.25) is 0 Å². The average Bonchev–Trinajstić information content (AvgIpc) is 3.53. The Balaban J connectivity index is 1.06. The van der Waals surface area contributed by atoms with Crippen molar-refractivity contribution in [3.05, 3.63) is 77.8 Å². The number of H-pyrrole nitrogens is 1. The topological polar surface area (TPSA) is 149 Å². The Morgan fingerprint density at radius 1 is 1.03 bits per heavy atom. The molecule has 13 heteroatoms. The number of rotatable bonds is 7. The fourth-order valence-electron chi connectivity index (χ4n) is 4.72. The fourth-order valence-corrected chi connectivity index (χ4v) is 6.01. The lowest BCUT2D eigenvalue weighted by molar-refractivity contribution is -0.832. The first-order valence-electron chi connectivity index (χ1n) is 12.3. The van der Waals surface area contributed by atoms with Crippen LogP contribution in [0.3, 0.4) is 0 Å². The van der Waals surface area contributed by atoms with E-state index in [1.807, 2.05) is 30.3 Å². The number of hydrogen-bond donors (Lipinski definition) is 1. The Morgan fingerprint density at radius 2 is 1.77 bits per heavy atom. The van der Waals surface area contributed by atoms with Gasteiger partial charge in [-0.15, -0.1) is 0 Å². The Labute approximate surface area is 222 Å². The molecule has 4 heterocycles. The second kappa shape index (κ2) is 10.0. The molecule has 0 aliphatic carbocycles. The van der Waals surface area contributed by atoms with Crippen molar-refractivity contribution in [2.45, 2.75) is 9.92 Å². The number of amides is 1.